The average Bonchev–Trinajstić information content (AvgIpc) is 3.14. The van der Waals surface area contributed by atoms with Gasteiger partial charge in [-0.3, -0.25) is 4.90 Å². The number of anilines is 1. The highest BCUT2D eigenvalue weighted by molar-refractivity contribution is 5.78. The van der Waals surface area contributed by atoms with Crippen LogP contribution in [0.15, 0.2) is 42.5 Å². The van der Waals surface area contributed by atoms with Gasteiger partial charge in [0.15, 0.2) is 11.5 Å². The molecule has 0 spiro atoms. The third-order valence-corrected chi connectivity index (χ3v) is 5.30. The van der Waals surface area contributed by atoms with E-state index in [9.17, 15) is 0 Å². The predicted octanol–water partition coefficient (Wildman–Crippen LogP) is 3.00. The molecular weight excluding hydrogens is 368 g/mol. The van der Waals surface area contributed by atoms with E-state index in [1.807, 2.05) is 24.3 Å². The third-order valence-electron chi connectivity index (χ3n) is 5.30. The van der Waals surface area contributed by atoms with E-state index in [0.29, 0.717) is 6.54 Å². The molecule has 1 saturated heterocycles. The van der Waals surface area contributed by atoms with Crippen LogP contribution >= 0.6 is 0 Å². The average molecular weight is 396 g/mol. The van der Waals surface area contributed by atoms with E-state index < -0.39 is 0 Å². The number of aromatic nitrogens is 2. The topological polar surface area (TPSA) is 60.8 Å². The van der Waals surface area contributed by atoms with Gasteiger partial charge < -0.3 is 24.1 Å². The zero-order chi connectivity index (χ0) is 20.1. The summed E-state index contributed by atoms with van der Waals surface area (Å²) >= 11 is 0. The summed E-state index contributed by atoms with van der Waals surface area (Å²) in [5.41, 5.74) is 3.26. The monoisotopic (exact) mass is 396 g/mol. The van der Waals surface area contributed by atoms with Gasteiger partial charge in [0.05, 0.1) is 38.5 Å². The summed E-state index contributed by atoms with van der Waals surface area (Å²) in [6, 6.07) is 14.2. The Balaban J connectivity index is 1.51. The molecule has 0 atom stereocenters. The molecule has 1 aliphatic heterocycles. The SMILES string of the molecule is COc1ccc(CNc2nc3ccccc3n2CCN2CCOCC2)cc1OC. The van der Waals surface area contributed by atoms with Crippen molar-refractivity contribution >= 4 is 17.0 Å². The first-order chi connectivity index (χ1) is 14.3. The molecule has 0 amide bonds. The number of rotatable bonds is 8. The summed E-state index contributed by atoms with van der Waals surface area (Å²) in [6.45, 7) is 6.12. The smallest absolute Gasteiger partial charge is 0.204 e. The van der Waals surface area contributed by atoms with Gasteiger partial charge in [0.2, 0.25) is 5.95 Å². The van der Waals surface area contributed by atoms with Crippen LogP contribution < -0.4 is 14.8 Å². The van der Waals surface area contributed by atoms with E-state index in [0.717, 1.165) is 73.4 Å². The first kappa shape index (κ1) is 19.5. The summed E-state index contributed by atoms with van der Waals surface area (Å²) in [7, 11) is 3.30. The molecule has 4 rings (SSSR count). The van der Waals surface area contributed by atoms with Crippen molar-refractivity contribution in [2.75, 3.05) is 52.4 Å². The van der Waals surface area contributed by atoms with E-state index in [1.54, 1.807) is 14.2 Å². The molecule has 0 radical (unpaired) electrons. The normalized spacial score (nSPS) is 14.8. The fourth-order valence-electron chi connectivity index (χ4n) is 3.67. The second-order valence-electron chi connectivity index (χ2n) is 7.07. The number of nitrogens with zero attached hydrogens (tertiary/aromatic N) is 3. The van der Waals surface area contributed by atoms with Crippen molar-refractivity contribution in [1.29, 1.82) is 0 Å². The Labute approximate surface area is 171 Å². The highest BCUT2D eigenvalue weighted by Crippen LogP contribution is 2.28. The van der Waals surface area contributed by atoms with Crippen molar-refractivity contribution in [3.8, 4) is 11.5 Å². The zero-order valence-electron chi connectivity index (χ0n) is 17.1. The Bertz CT molecular complexity index is 950. The summed E-state index contributed by atoms with van der Waals surface area (Å²) in [5, 5.41) is 3.51. The van der Waals surface area contributed by atoms with E-state index in [2.05, 4.69) is 33.0 Å². The van der Waals surface area contributed by atoms with Crippen LogP contribution in [0.2, 0.25) is 0 Å². The Morgan fingerprint density at radius 3 is 2.59 bits per heavy atom. The third kappa shape index (κ3) is 4.46. The maximum absolute atomic E-state index is 5.46. The molecule has 0 unspecified atom stereocenters. The number of para-hydroxylation sites is 2. The van der Waals surface area contributed by atoms with Crippen LogP contribution in [0.1, 0.15) is 5.56 Å². The summed E-state index contributed by atoms with van der Waals surface area (Å²) in [6.07, 6.45) is 0. The molecule has 2 aromatic carbocycles. The zero-order valence-corrected chi connectivity index (χ0v) is 17.1. The first-order valence-electron chi connectivity index (χ1n) is 9.98. The molecule has 3 aromatic rings. The molecule has 7 heteroatoms. The van der Waals surface area contributed by atoms with Crippen molar-refractivity contribution in [1.82, 2.24) is 14.5 Å². The van der Waals surface area contributed by atoms with Crippen LogP contribution in [0.3, 0.4) is 0 Å². The number of hydrogen-bond acceptors (Lipinski definition) is 6. The molecule has 1 aromatic heterocycles. The van der Waals surface area contributed by atoms with Crippen LogP contribution in [-0.2, 0) is 17.8 Å². The molecule has 1 fully saturated rings. The van der Waals surface area contributed by atoms with Crippen LogP contribution in [0.4, 0.5) is 5.95 Å². The number of morpholine rings is 1. The molecule has 2 heterocycles. The largest absolute Gasteiger partial charge is 0.493 e. The minimum Gasteiger partial charge on any atom is -0.493 e. The van der Waals surface area contributed by atoms with E-state index in [-0.39, 0.29) is 0 Å². The van der Waals surface area contributed by atoms with Gasteiger partial charge in [-0.2, -0.15) is 0 Å². The van der Waals surface area contributed by atoms with Gasteiger partial charge in [0.1, 0.15) is 0 Å². The maximum atomic E-state index is 5.46. The van der Waals surface area contributed by atoms with Gasteiger partial charge >= 0.3 is 0 Å². The van der Waals surface area contributed by atoms with Crippen molar-refractivity contribution in [2.24, 2.45) is 0 Å². The summed E-state index contributed by atoms with van der Waals surface area (Å²) in [4.78, 5) is 7.26. The number of nitrogens with one attached hydrogen (secondary N) is 1. The second kappa shape index (κ2) is 9.15. The van der Waals surface area contributed by atoms with Crippen LogP contribution in [-0.4, -0.2) is 61.5 Å². The molecule has 1 N–H and O–H groups in total. The summed E-state index contributed by atoms with van der Waals surface area (Å²) in [5.74, 6) is 2.34. The summed E-state index contributed by atoms with van der Waals surface area (Å²) < 4.78 is 18.5. The standard InChI is InChI=1S/C22H28N4O3/c1-27-20-8-7-17(15-21(20)28-2)16-23-22-24-18-5-3-4-6-19(18)26(22)10-9-25-11-13-29-14-12-25/h3-8,15H,9-14,16H2,1-2H3,(H,23,24). The molecule has 7 nitrogen and oxygen atoms in total. The number of methoxy groups -OCH3 is 2. The van der Waals surface area contributed by atoms with Crippen molar-refractivity contribution in [3.05, 3.63) is 48.0 Å². The Hall–Kier alpha value is -2.77. The lowest BCUT2D eigenvalue weighted by molar-refractivity contribution is 0.0366. The number of imidazole rings is 1. The minimum absolute atomic E-state index is 0.654. The van der Waals surface area contributed by atoms with Gasteiger partial charge in [-0.15, -0.1) is 0 Å². The molecular formula is C22H28N4O3. The molecule has 0 saturated carbocycles. The van der Waals surface area contributed by atoms with E-state index in [4.69, 9.17) is 19.2 Å². The van der Waals surface area contributed by atoms with Gasteiger partial charge in [-0.05, 0) is 29.8 Å². The Morgan fingerprint density at radius 2 is 1.79 bits per heavy atom. The highest BCUT2D eigenvalue weighted by atomic mass is 16.5. The molecule has 0 aliphatic carbocycles. The number of benzene rings is 2. The fraction of sp³-hybridized carbons (Fsp3) is 0.409. The lowest BCUT2D eigenvalue weighted by Gasteiger charge is -2.27. The van der Waals surface area contributed by atoms with Gasteiger partial charge in [-0.1, -0.05) is 18.2 Å². The maximum Gasteiger partial charge on any atom is 0.204 e. The Morgan fingerprint density at radius 1 is 1.00 bits per heavy atom. The van der Waals surface area contributed by atoms with E-state index in [1.165, 1.54) is 0 Å². The van der Waals surface area contributed by atoms with E-state index >= 15 is 0 Å². The fourth-order valence-corrected chi connectivity index (χ4v) is 3.67. The molecule has 29 heavy (non-hydrogen) atoms. The number of ether oxygens (including phenoxy) is 3. The van der Waals surface area contributed by atoms with Crippen molar-refractivity contribution in [3.63, 3.8) is 0 Å². The molecule has 154 valence electrons. The Kier molecular flexibility index (Phi) is 6.17. The molecule has 1 aliphatic rings. The van der Waals surface area contributed by atoms with Gasteiger partial charge in [0.25, 0.3) is 0 Å². The molecule has 0 bridgehead atoms. The van der Waals surface area contributed by atoms with Gasteiger partial charge in [-0.25, -0.2) is 4.98 Å². The lowest BCUT2D eigenvalue weighted by Crippen LogP contribution is -2.38. The minimum atomic E-state index is 0.654. The van der Waals surface area contributed by atoms with Crippen LogP contribution in [0.25, 0.3) is 11.0 Å². The van der Waals surface area contributed by atoms with Crippen molar-refractivity contribution in [2.45, 2.75) is 13.1 Å². The quantitative estimate of drug-likeness (QED) is 0.632. The predicted molar refractivity (Wildman–Crippen MR) is 114 cm³/mol. The first-order valence-corrected chi connectivity index (χ1v) is 9.98. The van der Waals surface area contributed by atoms with Crippen LogP contribution in [0.5, 0.6) is 11.5 Å². The van der Waals surface area contributed by atoms with Crippen molar-refractivity contribution < 1.29 is 14.2 Å². The van der Waals surface area contributed by atoms with Gasteiger partial charge in [0, 0.05) is 32.7 Å². The highest BCUT2D eigenvalue weighted by Gasteiger charge is 2.14. The van der Waals surface area contributed by atoms with Crippen LogP contribution in [0, 0.1) is 0 Å². The lowest BCUT2D eigenvalue weighted by atomic mass is 10.2. The number of fused-ring (bicyclic) bond motifs is 1. The number of hydrogen-bond donors (Lipinski definition) is 1. The second-order valence-corrected chi connectivity index (χ2v) is 7.07.